The number of nitrogens with one attached hydrogen (secondary N) is 1. The van der Waals surface area contributed by atoms with Gasteiger partial charge in [-0.05, 0) is 57.2 Å². The number of aryl methyl sites for hydroxylation is 1. The molecule has 27 heavy (non-hydrogen) atoms. The van der Waals surface area contributed by atoms with Crippen LogP contribution in [0.5, 0.6) is 0 Å². The molecule has 0 atom stereocenters. The zero-order chi connectivity index (χ0) is 18.8. The van der Waals surface area contributed by atoms with Gasteiger partial charge in [0.25, 0.3) is 0 Å². The average molecular weight is 362 g/mol. The molecule has 3 aromatic rings. The standard InChI is InChI=1S/C21H26N6/c1-14(2)25-20-15(3)10-17(12-22-20)18-8-9-27-19(18)13-24-21(26-27)23-11-16-6-4-5-7-16/h8-10,12-13,16H,4-7,11H2,1-3H3,(H,23,26). The third-order valence-corrected chi connectivity index (χ3v) is 5.13. The molecule has 6 heteroatoms. The summed E-state index contributed by atoms with van der Waals surface area (Å²) in [4.78, 5) is 13.5. The van der Waals surface area contributed by atoms with Gasteiger partial charge in [0, 0.05) is 35.8 Å². The van der Waals surface area contributed by atoms with Crippen LogP contribution in [0.15, 0.2) is 35.7 Å². The van der Waals surface area contributed by atoms with Gasteiger partial charge in [-0.15, -0.1) is 5.10 Å². The van der Waals surface area contributed by atoms with E-state index in [2.05, 4.69) is 37.5 Å². The van der Waals surface area contributed by atoms with Gasteiger partial charge in [0.05, 0.1) is 11.7 Å². The Bertz CT molecular complexity index is 978. The molecule has 1 fully saturated rings. The molecule has 0 amide bonds. The number of rotatable bonds is 5. The van der Waals surface area contributed by atoms with Crippen molar-refractivity contribution in [2.75, 3.05) is 11.9 Å². The third kappa shape index (κ3) is 3.84. The molecule has 0 radical (unpaired) electrons. The smallest absolute Gasteiger partial charge is 0.241 e. The molecule has 0 bridgehead atoms. The number of nitrogens with zero attached hydrogens (tertiary/aromatic N) is 5. The predicted molar refractivity (Wildman–Crippen MR) is 110 cm³/mol. The average Bonchev–Trinajstić information content (AvgIpc) is 3.30. The minimum absolute atomic E-state index is 0.689. The Morgan fingerprint density at radius 3 is 2.78 bits per heavy atom. The van der Waals surface area contributed by atoms with Crippen LogP contribution >= 0.6 is 0 Å². The summed E-state index contributed by atoms with van der Waals surface area (Å²) in [7, 11) is 0. The van der Waals surface area contributed by atoms with Gasteiger partial charge in [0.15, 0.2) is 5.82 Å². The normalized spacial score (nSPS) is 14.6. The summed E-state index contributed by atoms with van der Waals surface area (Å²) in [5, 5.41) is 8.01. The number of pyridine rings is 1. The third-order valence-electron chi connectivity index (χ3n) is 5.13. The van der Waals surface area contributed by atoms with Crippen molar-refractivity contribution >= 4 is 23.0 Å². The first kappa shape index (κ1) is 17.6. The highest BCUT2D eigenvalue weighted by molar-refractivity contribution is 5.83. The fourth-order valence-electron chi connectivity index (χ4n) is 3.72. The first-order valence-corrected chi connectivity index (χ1v) is 9.67. The largest absolute Gasteiger partial charge is 0.353 e. The van der Waals surface area contributed by atoms with Crippen LogP contribution < -0.4 is 5.32 Å². The molecular formula is C21H26N6. The molecule has 3 aromatic heterocycles. The highest BCUT2D eigenvalue weighted by Gasteiger charge is 2.15. The molecular weight excluding hydrogens is 336 g/mol. The van der Waals surface area contributed by atoms with Crippen LogP contribution in [0.1, 0.15) is 45.1 Å². The van der Waals surface area contributed by atoms with Crippen LogP contribution in [0.2, 0.25) is 0 Å². The first-order chi connectivity index (χ1) is 13.1. The Labute approximate surface area is 159 Å². The fourth-order valence-corrected chi connectivity index (χ4v) is 3.72. The maximum absolute atomic E-state index is 4.61. The Kier molecular flexibility index (Phi) is 4.88. The van der Waals surface area contributed by atoms with Crippen LogP contribution in [-0.4, -0.2) is 31.8 Å². The van der Waals surface area contributed by atoms with E-state index >= 15 is 0 Å². The lowest BCUT2D eigenvalue weighted by Crippen LogP contribution is -2.13. The van der Waals surface area contributed by atoms with Gasteiger partial charge < -0.3 is 5.32 Å². The molecule has 0 saturated heterocycles. The van der Waals surface area contributed by atoms with Crippen LogP contribution in [0.4, 0.5) is 11.8 Å². The maximum atomic E-state index is 4.61. The lowest BCUT2D eigenvalue weighted by Gasteiger charge is -2.10. The van der Waals surface area contributed by atoms with E-state index in [0.717, 1.165) is 46.2 Å². The van der Waals surface area contributed by atoms with Gasteiger partial charge >= 0.3 is 0 Å². The number of fused-ring (bicyclic) bond motifs is 1. The van der Waals surface area contributed by atoms with E-state index < -0.39 is 0 Å². The zero-order valence-corrected chi connectivity index (χ0v) is 16.2. The highest BCUT2D eigenvalue weighted by atomic mass is 15.3. The molecule has 1 aliphatic rings. The van der Waals surface area contributed by atoms with E-state index in [-0.39, 0.29) is 0 Å². The molecule has 0 spiro atoms. The highest BCUT2D eigenvalue weighted by Crippen LogP contribution is 2.28. The summed E-state index contributed by atoms with van der Waals surface area (Å²) in [6.45, 7) is 6.96. The van der Waals surface area contributed by atoms with E-state index in [1.165, 1.54) is 25.7 Å². The molecule has 6 nitrogen and oxygen atoms in total. The molecule has 1 saturated carbocycles. The van der Waals surface area contributed by atoms with Crippen molar-refractivity contribution in [2.45, 2.75) is 46.5 Å². The van der Waals surface area contributed by atoms with Crippen molar-refractivity contribution in [3.05, 3.63) is 36.3 Å². The zero-order valence-electron chi connectivity index (χ0n) is 16.2. The summed E-state index contributed by atoms with van der Waals surface area (Å²) in [6.07, 6.45) is 11.1. The summed E-state index contributed by atoms with van der Waals surface area (Å²) < 4.78 is 1.89. The van der Waals surface area contributed by atoms with Crippen molar-refractivity contribution in [1.82, 2.24) is 19.6 Å². The van der Waals surface area contributed by atoms with Gasteiger partial charge in [-0.25, -0.2) is 19.5 Å². The van der Waals surface area contributed by atoms with Gasteiger partial charge in [0.1, 0.15) is 0 Å². The Morgan fingerprint density at radius 2 is 2.04 bits per heavy atom. The molecule has 0 aliphatic heterocycles. The predicted octanol–water partition coefficient (Wildman–Crippen LogP) is 4.81. The van der Waals surface area contributed by atoms with Crippen LogP contribution in [0.25, 0.3) is 16.6 Å². The topological polar surface area (TPSA) is 67.5 Å². The molecule has 1 aliphatic carbocycles. The molecule has 140 valence electrons. The van der Waals surface area contributed by atoms with E-state index in [0.29, 0.717) is 5.95 Å². The van der Waals surface area contributed by atoms with Crippen LogP contribution in [0.3, 0.4) is 0 Å². The van der Waals surface area contributed by atoms with Gasteiger partial charge in [-0.1, -0.05) is 12.8 Å². The van der Waals surface area contributed by atoms with Gasteiger partial charge in [-0.2, -0.15) is 0 Å². The molecule has 0 unspecified atom stereocenters. The summed E-state index contributed by atoms with van der Waals surface area (Å²) in [6, 6.07) is 4.19. The molecule has 1 N–H and O–H groups in total. The molecule has 0 aromatic carbocycles. The van der Waals surface area contributed by atoms with Crippen molar-refractivity contribution in [1.29, 1.82) is 0 Å². The SMILES string of the molecule is CC(C)=Nc1ncc(-c2ccn3nc(NCC4CCCC4)ncc23)cc1C. The van der Waals surface area contributed by atoms with Crippen LogP contribution in [0, 0.1) is 12.8 Å². The van der Waals surface area contributed by atoms with Crippen LogP contribution in [-0.2, 0) is 0 Å². The van der Waals surface area contributed by atoms with Gasteiger partial charge in [0.2, 0.25) is 5.95 Å². The monoisotopic (exact) mass is 362 g/mol. The number of hydrogen-bond acceptors (Lipinski definition) is 5. The Morgan fingerprint density at radius 1 is 1.22 bits per heavy atom. The second kappa shape index (κ2) is 7.47. The lowest BCUT2D eigenvalue weighted by atomic mass is 10.1. The van der Waals surface area contributed by atoms with Crippen molar-refractivity contribution < 1.29 is 0 Å². The summed E-state index contributed by atoms with van der Waals surface area (Å²) >= 11 is 0. The number of hydrogen-bond donors (Lipinski definition) is 1. The Balaban J connectivity index is 1.58. The minimum atomic E-state index is 0.689. The van der Waals surface area contributed by atoms with Crippen molar-refractivity contribution in [3.63, 3.8) is 0 Å². The number of anilines is 1. The second-order valence-electron chi connectivity index (χ2n) is 7.60. The minimum Gasteiger partial charge on any atom is -0.353 e. The maximum Gasteiger partial charge on any atom is 0.241 e. The number of aromatic nitrogens is 4. The summed E-state index contributed by atoms with van der Waals surface area (Å²) in [5.74, 6) is 2.22. The fraction of sp³-hybridized carbons (Fsp3) is 0.429. The summed E-state index contributed by atoms with van der Waals surface area (Å²) in [5.41, 5.74) is 5.17. The Hall–Kier alpha value is -2.76. The van der Waals surface area contributed by atoms with E-state index in [1.54, 1.807) is 0 Å². The molecule has 3 heterocycles. The van der Waals surface area contributed by atoms with E-state index in [1.807, 2.05) is 43.9 Å². The van der Waals surface area contributed by atoms with E-state index in [4.69, 9.17) is 0 Å². The lowest BCUT2D eigenvalue weighted by molar-refractivity contribution is 0.576. The quantitative estimate of drug-likeness (QED) is 0.661. The van der Waals surface area contributed by atoms with Gasteiger partial charge in [-0.3, -0.25) is 0 Å². The van der Waals surface area contributed by atoms with E-state index in [9.17, 15) is 0 Å². The molecule has 4 rings (SSSR count). The number of aliphatic imine (C=N–C) groups is 1. The first-order valence-electron chi connectivity index (χ1n) is 9.67. The van der Waals surface area contributed by atoms with Crippen molar-refractivity contribution in [2.24, 2.45) is 10.9 Å². The second-order valence-corrected chi connectivity index (χ2v) is 7.60. The van der Waals surface area contributed by atoms with Crippen molar-refractivity contribution in [3.8, 4) is 11.1 Å².